The van der Waals surface area contributed by atoms with Crippen molar-refractivity contribution in [2.75, 3.05) is 0 Å². The smallest absolute Gasteiger partial charge is 0.405 e. The minimum Gasteiger partial charge on any atom is -0.405 e. The molecule has 1 aliphatic heterocycles. The third-order valence-corrected chi connectivity index (χ3v) is 4.32. The lowest BCUT2D eigenvalue weighted by atomic mass is 10.1. The Morgan fingerprint density at radius 1 is 1.07 bits per heavy atom. The molecule has 4 nitrogen and oxygen atoms in total. The first-order valence-electron chi connectivity index (χ1n) is 8.35. The quantitative estimate of drug-likeness (QED) is 0.794. The molecule has 1 saturated heterocycles. The van der Waals surface area contributed by atoms with Gasteiger partial charge in [0.1, 0.15) is 5.75 Å². The van der Waals surface area contributed by atoms with Crippen LogP contribution >= 0.6 is 12.4 Å². The van der Waals surface area contributed by atoms with E-state index in [1.54, 1.807) is 6.07 Å². The van der Waals surface area contributed by atoms with Crippen LogP contribution in [0.4, 0.5) is 13.2 Å². The summed E-state index contributed by atoms with van der Waals surface area (Å²) in [5.74, 6) is -0.535. The molecule has 0 unspecified atom stereocenters. The number of alkyl halides is 3. The zero-order valence-electron chi connectivity index (χ0n) is 14.3. The molecule has 2 N–H and O–H groups in total. The second kappa shape index (κ2) is 9.10. The lowest BCUT2D eigenvalue weighted by molar-refractivity contribution is -0.274. The summed E-state index contributed by atoms with van der Waals surface area (Å²) in [5.41, 5.74) is 1.39. The van der Waals surface area contributed by atoms with Crippen molar-refractivity contribution in [3.05, 3.63) is 65.7 Å². The van der Waals surface area contributed by atoms with Crippen LogP contribution in [-0.4, -0.2) is 18.3 Å². The first-order valence-corrected chi connectivity index (χ1v) is 8.35. The SMILES string of the molecule is Cl.O=C(NCc1ccccc1OC(F)(F)F)[C@H]1CC[C@H](c2ccccc2)N1. The van der Waals surface area contributed by atoms with Gasteiger partial charge in [-0.2, -0.15) is 0 Å². The number of hydrogen-bond donors (Lipinski definition) is 2. The van der Waals surface area contributed by atoms with Crippen LogP contribution in [0.3, 0.4) is 0 Å². The van der Waals surface area contributed by atoms with Gasteiger partial charge in [-0.25, -0.2) is 0 Å². The molecule has 2 atom stereocenters. The maximum atomic E-state index is 12.5. The van der Waals surface area contributed by atoms with Crippen LogP contribution in [0, 0.1) is 0 Å². The van der Waals surface area contributed by atoms with E-state index in [0.29, 0.717) is 6.42 Å². The normalized spacial score (nSPS) is 19.2. The molecule has 0 radical (unpaired) electrons. The molecule has 1 amide bonds. The summed E-state index contributed by atoms with van der Waals surface area (Å²) >= 11 is 0. The monoisotopic (exact) mass is 400 g/mol. The van der Waals surface area contributed by atoms with Crippen LogP contribution in [0.1, 0.15) is 30.0 Å². The summed E-state index contributed by atoms with van der Waals surface area (Å²) < 4.78 is 41.4. The minimum atomic E-state index is -4.77. The van der Waals surface area contributed by atoms with Crippen LogP contribution in [-0.2, 0) is 11.3 Å². The molecule has 146 valence electrons. The second-order valence-corrected chi connectivity index (χ2v) is 6.13. The number of rotatable bonds is 5. The second-order valence-electron chi connectivity index (χ2n) is 6.13. The van der Waals surface area contributed by atoms with Crippen LogP contribution in [0.15, 0.2) is 54.6 Å². The highest BCUT2D eigenvalue weighted by Gasteiger charge is 2.32. The molecule has 27 heavy (non-hydrogen) atoms. The Bertz CT molecular complexity index is 756. The number of para-hydroxylation sites is 1. The van der Waals surface area contributed by atoms with Crippen LogP contribution in [0.25, 0.3) is 0 Å². The number of benzene rings is 2. The van der Waals surface area contributed by atoms with Crippen molar-refractivity contribution in [3.8, 4) is 5.75 Å². The summed E-state index contributed by atoms with van der Waals surface area (Å²) in [7, 11) is 0. The van der Waals surface area contributed by atoms with Crippen molar-refractivity contribution >= 4 is 18.3 Å². The topological polar surface area (TPSA) is 50.4 Å². The zero-order valence-corrected chi connectivity index (χ0v) is 15.1. The van der Waals surface area contributed by atoms with Crippen molar-refractivity contribution in [1.82, 2.24) is 10.6 Å². The number of nitrogens with one attached hydrogen (secondary N) is 2. The Morgan fingerprint density at radius 2 is 1.74 bits per heavy atom. The fourth-order valence-electron chi connectivity index (χ4n) is 3.08. The van der Waals surface area contributed by atoms with Crippen molar-refractivity contribution in [3.63, 3.8) is 0 Å². The van der Waals surface area contributed by atoms with E-state index in [1.807, 2.05) is 30.3 Å². The molecule has 2 aromatic rings. The van der Waals surface area contributed by atoms with Crippen LogP contribution < -0.4 is 15.4 Å². The highest BCUT2D eigenvalue weighted by Crippen LogP contribution is 2.28. The van der Waals surface area contributed by atoms with E-state index in [0.717, 1.165) is 12.0 Å². The average molecular weight is 401 g/mol. The molecule has 8 heteroatoms. The summed E-state index contributed by atoms with van der Waals surface area (Å²) in [6.45, 7) is -0.0285. The predicted molar refractivity (Wildman–Crippen MR) is 97.6 cm³/mol. The first-order chi connectivity index (χ1) is 12.4. The van der Waals surface area contributed by atoms with Gasteiger partial charge in [-0.05, 0) is 24.5 Å². The van der Waals surface area contributed by atoms with Crippen molar-refractivity contribution < 1.29 is 22.7 Å². The molecule has 1 heterocycles. The van der Waals surface area contributed by atoms with Crippen molar-refractivity contribution in [1.29, 1.82) is 0 Å². The van der Waals surface area contributed by atoms with E-state index in [9.17, 15) is 18.0 Å². The minimum absolute atomic E-state index is 0. The Labute approximate surface area is 161 Å². The largest absolute Gasteiger partial charge is 0.573 e. The van der Waals surface area contributed by atoms with E-state index in [4.69, 9.17) is 0 Å². The van der Waals surface area contributed by atoms with Gasteiger partial charge in [0.15, 0.2) is 0 Å². The molecule has 0 aromatic heterocycles. The van der Waals surface area contributed by atoms with Gasteiger partial charge >= 0.3 is 6.36 Å². The number of ether oxygens (including phenoxy) is 1. The number of amides is 1. The van der Waals surface area contributed by atoms with Crippen LogP contribution in [0.2, 0.25) is 0 Å². The molecule has 2 aromatic carbocycles. The first kappa shape index (κ1) is 21.1. The van der Waals surface area contributed by atoms with Gasteiger partial charge in [0, 0.05) is 18.2 Å². The van der Waals surface area contributed by atoms with Crippen LogP contribution in [0.5, 0.6) is 5.75 Å². The van der Waals surface area contributed by atoms with Gasteiger partial charge in [0.25, 0.3) is 0 Å². The van der Waals surface area contributed by atoms with E-state index < -0.39 is 6.36 Å². The number of hydrogen-bond acceptors (Lipinski definition) is 3. The van der Waals surface area contributed by atoms with Gasteiger partial charge in [0.2, 0.25) is 5.91 Å². The zero-order chi connectivity index (χ0) is 18.6. The van der Waals surface area contributed by atoms with Gasteiger partial charge in [-0.1, -0.05) is 48.5 Å². The Hall–Kier alpha value is -2.25. The summed E-state index contributed by atoms with van der Waals surface area (Å²) in [6.07, 6.45) is -3.27. The van der Waals surface area contributed by atoms with Gasteiger partial charge in [-0.15, -0.1) is 25.6 Å². The summed E-state index contributed by atoms with van der Waals surface area (Å²) in [6, 6.07) is 15.4. The lowest BCUT2D eigenvalue weighted by Gasteiger charge is -2.16. The fraction of sp³-hybridized carbons (Fsp3) is 0.316. The Balaban J connectivity index is 0.00000261. The molecule has 0 aliphatic carbocycles. The molecule has 0 spiro atoms. The molecular formula is C19H20ClF3N2O2. The van der Waals surface area contributed by atoms with E-state index in [-0.39, 0.29) is 48.3 Å². The molecule has 1 aliphatic rings. The number of carbonyl (C=O) groups is 1. The molecule has 0 bridgehead atoms. The third-order valence-electron chi connectivity index (χ3n) is 4.32. The van der Waals surface area contributed by atoms with E-state index >= 15 is 0 Å². The average Bonchev–Trinajstić information content (AvgIpc) is 3.10. The Morgan fingerprint density at radius 3 is 2.44 bits per heavy atom. The maximum Gasteiger partial charge on any atom is 0.573 e. The molecule has 3 rings (SSSR count). The van der Waals surface area contributed by atoms with Gasteiger partial charge in [-0.3, -0.25) is 10.1 Å². The lowest BCUT2D eigenvalue weighted by Crippen LogP contribution is -2.40. The highest BCUT2D eigenvalue weighted by molar-refractivity contribution is 5.85. The molecular weight excluding hydrogens is 381 g/mol. The highest BCUT2D eigenvalue weighted by atomic mass is 35.5. The predicted octanol–water partition coefficient (Wildman–Crippen LogP) is 4.12. The summed E-state index contributed by atoms with van der Waals surface area (Å²) in [5, 5.41) is 5.96. The fourth-order valence-corrected chi connectivity index (χ4v) is 3.08. The standard InChI is InChI=1S/C19H19F3N2O2.ClH/c20-19(21,22)26-17-9-5-4-8-14(17)12-23-18(25)16-11-10-15(24-16)13-6-2-1-3-7-13;/h1-9,15-16,24H,10-12H2,(H,23,25);1H/t15-,16-;/m1./s1. The Kier molecular flexibility index (Phi) is 7.10. The van der Waals surface area contributed by atoms with E-state index in [2.05, 4.69) is 15.4 Å². The van der Waals surface area contributed by atoms with Crippen molar-refractivity contribution in [2.24, 2.45) is 0 Å². The number of carbonyl (C=O) groups excluding carboxylic acids is 1. The third kappa shape index (κ3) is 5.87. The van der Waals surface area contributed by atoms with E-state index in [1.165, 1.54) is 18.2 Å². The number of halogens is 4. The van der Waals surface area contributed by atoms with Crippen molar-refractivity contribution in [2.45, 2.75) is 37.8 Å². The molecule has 0 saturated carbocycles. The molecule has 1 fully saturated rings. The maximum absolute atomic E-state index is 12.5. The van der Waals surface area contributed by atoms with Gasteiger partial charge in [0.05, 0.1) is 6.04 Å². The van der Waals surface area contributed by atoms with Gasteiger partial charge < -0.3 is 10.1 Å². The summed E-state index contributed by atoms with van der Waals surface area (Å²) in [4.78, 5) is 12.4.